The summed E-state index contributed by atoms with van der Waals surface area (Å²) in [5.41, 5.74) is -0.623. The second-order valence-electron chi connectivity index (χ2n) is 7.49. The number of nitriles is 1. The van der Waals surface area contributed by atoms with Gasteiger partial charge in [-0.05, 0) is 37.0 Å². The molecular formula is C20H23F6N3O3. The second kappa shape index (κ2) is 10.9. The van der Waals surface area contributed by atoms with Crippen molar-refractivity contribution in [2.24, 2.45) is 5.92 Å². The van der Waals surface area contributed by atoms with Crippen molar-refractivity contribution in [3.05, 3.63) is 29.3 Å². The van der Waals surface area contributed by atoms with Crippen molar-refractivity contribution in [2.75, 3.05) is 50.8 Å². The third kappa shape index (κ3) is 8.20. The summed E-state index contributed by atoms with van der Waals surface area (Å²) in [6, 6.07) is 5.69. The molecule has 2 aliphatic rings. The second-order valence-corrected chi connectivity index (χ2v) is 7.49. The first-order chi connectivity index (χ1) is 14.9. The summed E-state index contributed by atoms with van der Waals surface area (Å²) in [7, 11) is 0. The molecule has 1 N–H and O–H groups in total. The Morgan fingerprint density at radius 2 is 1.78 bits per heavy atom. The number of ether oxygens (including phenoxy) is 1. The molecule has 1 saturated carbocycles. The predicted octanol–water partition coefficient (Wildman–Crippen LogP) is 3.76. The monoisotopic (exact) mass is 467 g/mol. The summed E-state index contributed by atoms with van der Waals surface area (Å²) >= 11 is 0. The Morgan fingerprint density at radius 1 is 1.19 bits per heavy atom. The number of hydrogen-bond donors (Lipinski definition) is 1. The molecule has 1 aromatic carbocycles. The Labute approximate surface area is 181 Å². The maximum atomic E-state index is 13.2. The number of halogens is 6. The van der Waals surface area contributed by atoms with Gasteiger partial charge in [0.15, 0.2) is 0 Å². The number of aliphatic carboxylic acids is 1. The van der Waals surface area contributed by atoms with Gasteiger partial charge in [0.05, 0.1) is 30.4 Å². The average molecular weight is 467 g/mol. The molecule has 12 heteroatoms. The first-order valence-corrected chi connectivity index (χ1v) is 9.88. The fraction of sp³-hybridized carbons (Fsp3) is 0.600. The summed E-state index contributed by atoms with van der Waals surface area (Å²) in [5, 5.41) is 16.1. The van der Waals surface area contributed by atoms with E-state index in [0.29, 0.717) is 31.4 Å². The topological polar surface area (TPSA) is 76.8 Å². The molecule has 0 aromatic heterocycles. The molecule has 1 aromatic rings. The van der Waals surface area contributed by atoms with Crippen LogP contribution in [0.2, 0.25) is 0 Å². The van der Waals surface area contributed by atoms with Gasteiger partial charge in [-0.3, -0.25) is 4.90 Å². The van der Waals surface area contributed by atoms with Crippen molar-refractivity contribution in [1.29, 1.82) is 5.26 Å². The Balaban J connectivity index is 0.000000451. The SMILES string of the molecule is N#Cc1ccc(N(CCN2CCOCC2)CC2CC2)cc1C(F)(F)F.O=C(O)C(F)(F)F. The third-order valence-electron chi connectivity index (χ3n) is 5.00. The van der Waals surface area contributed by atoms with Gasteiger partial charge in [-0.15, -0.1) is 0 Å². The third-order valence-corrected chi connectivity index (χ3v) is 5.00. The maximum Gasteiger partial charge on any atom is 0.490 e. The van der Waals surface area contributed by atoms with E-state index in [1.54, 1.807) is 12.1 Å². The van der Waals surface area contributed by atoms with Gasteiger partial charge in [-0.25, -0.2) is 4.79 Å². The number of carboxylic acid groups (broad SMARTS) is 1. The van der Waals surface area contributed by atoms with Crippen LogP contribution in [0.5, 0.6) is 0 Å². The molecule has 1 aliphatic carbocycles. The number of carbonyl (C=O) groups is 1. The van der Waals surface area contributed by atoms with Gasteiger partial charge in [0.1, 0.15) is 0 Å². The number of nitrogens with zero attached hydrogens (tertiary/aromatic N) is 3. The Bertz CT molecular complexity index is 812. The molecule has 0 amide bonds. The molecule has 2 fully saturated rings. The van der Waals surface area contributed by atoms with E-state index in [-0.39, 0.29) is 5.56 Å². The fourth-order valence-corrected chi connectivity index (χ4v) is 3.09. The maximum absolute atomic E-state index is 13.2. The van der Waals surface area contributed by atoms with Crippen molar-refractivity contribution in [2.45, 2.75) is 25.2 Å². The summed E-state index contributed by atoms with van der Waals surface area (Å²) in [4.78, 5) is 13.2. The lowest BCUT2D eigenvalue weighted by Crippen LogP contribution is -2.42. The van der Waals surface area contributed by atoms with Crippen LogP contribution < -0.4 is 4.90 Å². The molecule has 0 bridgehead atoms. The van der Waals surface area contributed by atoms with Gasteiger partial charge in [0.25, 0.3) is 0 Å². The van der Waals surface area contributed by atoms with Crippen LogP contribution in [-0.2, 0) is 15.7 Å². The van der Waals surface area contributed by atoms with Crippen LogP contribution in [0.25, 0.3) is 0 Å². The molecule has 1 aliphatic heterocycles. The van der Waals surface area contributed by atoms with E-state index in [1.807, 2.05) is 4.90 Å². The zero-order valence-corrected chi connectivity index (χ0v) is 17.0. The highest BCUT2D eigenvalue weighted by molar-refractivity contribution is 5.73. The Morgan fingerprint density at radius 3 is 2.25 bits per heavy atom. The van der Waals surface area contributed by atoms with Gasteiger partial charge < -0.3 is 14.7 Å². The minimum Gasteiger partial charge on any atom is -0.475 e. The van der Waals surface area contributed by atoms with Crippen LogP contribution in [0.1, 0.15) is 24.0 Å². The van der Waals surface area contributed by atoms with Gasteiger partial charge in [0, 0.05) is 38.4 Å². The molecule has 0 spiro atoms. The van der Waals surface area contributed by atoms with Crippen LogP contribution in [0.3, 0.4) is 0 Å². The molecule has 0 radical (unpaired) electrons. The van der Waals surface area contributed by atoms with Crippen molar-refractivity contribution < 1.29 is 41.0 Å². The highest BCUT2D eigenvalue weighted by Gasteiger charge is 2.38. The molecule has 0 unspecified atom stereocenters. The highest BCUT2D eigenvalue weighted by Crippen LogP contribution is 2.36. The van der Waals surface area contributed by atoms with Gasteiger partial charge in [-0.1, -0.05) is 0 Å². The molecule has 6 nitrogen and oxygen atoms in total. The van der Waals surface area contributed by atoms with Gasteiger partial charge in [-0.2, -0.15) is 31.6 Å². The lowest BCUT2D eigenvalue weighted by molar-refractivity contribution is -0.192. The van der Waals surface area contributed by atoms with Crippen molar-refractivity contribution in [3.63, 3.8) is 0 Å². The first-order valence-electron chi connectivity index (χ1n) is 9.88. The normalized spacial score (nSPS) is 17.2. The van der Waals surface area contributed by atoms with E-state index >= 15 is 0 Å². The van der Waals surface area contributed by atoms with E-state index in [0.717, 1.165) is 45.1 Å². The summed E-state index contributed by atoms with van der Waals surface area (Å²) in [6.07, 6.45) is -7.33. The predicted molar refractivity (Wildman–Crippen MR) is 102 cm³/mol. The van der Waals surface area contributed by atoms with E-state index in [9.17, 15) is 26.3 Å². The van der Waals surface area contributed by atoms with E-state index < -0.39 is 23.9 Å². The van der Waals surface area contributed by atoms with E-state index in [1.165, 1.54) is 6.07 Å². The molecule has 1 saturated heterocycles. The fourth-order valence-electron chi connectivity index (χ4n) is 3.09. The summed E-state index contributed by atoms with van der Waals surface area (Å²) in [5.74, 6) is -2.19. The highest BCUT2D eigenvalue weighted by atomic mass is 19.4. The van der Waals surface area contributed by atoms with Crippen molar-refractivity contribution >= 4 is 11.7 Å². The van der Waals surface area contributed by atoms with Gasteiger partial charge >= 0.3 is 18.3 Å². The van der Waals surface area contributed by atoms with Crippen molar-refractivity contribution in [1.82, 2.24) is 4.90 Å². The standard InChI is InChI=1S/C18H22F3N3O.C2HF3O2/c19-18(20,21)17-11-16(4-3-15(17)12-22)24(13-14-1-2-14)6-5-23-7-9-25-10-8-23;3-2(4,5)1(6)7/h3-4,11,14H,1-2,5-10,13H2;(H,6,7). The minimum atomic E-state index is -5.08. The molecule has 3 rings (SSSR count). The Kier molecular flexibility index (Phi) is 8.74. The van der Waals surface area contributed by atoms with Crippen LogP contribution in [0, 0.1) is 17.2 Å². The quantitative estimate of drug-likeness (QED) is 0.643. The largest absolute Gasteiger partial charge is 0.490 e. The number of benzene rings is 1. The van der Waals surface area contributed by atoms with Crippen LogP contribution in [0.4, 0.5) is 32.0 Å². The molecular weight excluding hydrogens is 444 g/mol. The molecule has 32 heavy (non-hydrogen) atoms. The summed E-state index contributed by atoms with van der Waals surface area (Å²) in [6.45, 7) is 5.39. The zero-order chi connectivity index (χ0) is 23.9. The van der Waals surface area contributed by atoms with E-state index in [4.69, 9.17) is 19.9 Å². The minimum absolute atomic E-state index is 0.323. The summed E-state index contributed by atoms with van der Waals surface area (Å²) < 4.78 is 76.8. The molecule has 178 valence electrons. The van der Waals surface area contributed by atoms with Crippen LogP contribution >= 0.6 is 0 Å². The van der Waals surface area contributed by atoms with Crippen LogP contribution in [0.15, 0.2) is 18.2 Å². The number of carboxylic acids is 1. The molecule has 0 atom stereocenters. The number of anilines is 1. The number of rotatable bonds is 6. The average Bonchev–Trinajstić information content (AvgIpc) is 3.54. The molecule has 1 heterocycles. The lowest BCUT2D eigenvalue weighted by atomic mass is 10.1. The zero-order valence-electron chi connectivity index (χ0n) is 17.0. The number of hydrogen-bond acceptors (Lipinski definition) is 5. The van der Waals surface area contributed by atoms with Crippen LogP contribution in [-0.4, -0.2) is 68.1 Å². The van der Waals surface area contributed by atoms with Gasteiger partial charge in [0.2, 0.25) is 0 Å². The smallest absolute Gasteiger partial charge is 0.475 e. The lowest BCUT2D eigenvalue weighted by Gasteiger charge is -2.31. The number of morpholine rings is 1. The first kappa shape index (κ1) is 25.7. The number of alkyl halides is 6. The van der Waals surface area contributed by atoms with Crippen molar-refractivity contribution in [3.8, 4) is 6.07 Å². The Hall–Kier alpha value is -2.52. The van der Waals surface area contributed by atoms with E-state index in [2.05, 4.69) is 4.90 Å².